The molecule has 1 aromatic rings. The quantitative estimate of drug-likeness (QED) is 0.400. The third-order valence-corrected chi connectivity index (χ3v) is 4.67. The van der Waals surface area contributed by atoms with Crippen LogP contribution in [0.5, 0.6) is 0 Å². The van der Waals surface area contributed by atoms with E-state index in [0.29, 0.717) is 6.07 Å². The van der Waals surface area contributed by atoms with Crippen molar-refractivity contribution in [2.45, 2.75) is 18.0 Å². The minimum atomic E-state index is -6.09. The van der Waals surface area contributed by atoms with Crippen molar-refractivity contribution < 1.29 is 30.7 Å². The Hall–Kier alpha value is -0.0600. The Labute approximate surface area is 119 Å². The number of hydrogen-bond donors (Lipinski definition) is 0. The summed E-state index contributed by atoms with van der Waals surface area (Å²) in [5.74, 6) is 0. The molecule has 0 saturated heterocycles. The van der Waals surface area contributed by atoms with Gasteiger partial charge in [-0.25, -0.2) is 4.39 Å². The molecule has 0 aromatic heterocycles. The molecule has 1 rings (SSSR count). The highest BCUT2D eigenvalue weighted by Crippen LogP contribution is 2.54. The van der Waals surface area contributed by atoms with Crippen LogP contribution in [0, 0.1) is 3.57 Å². The first kappa shape index (κ1) is 16.0. The van der Waals surface area contributed by atoms with Crippen LogP contribution < -0.4 is 0 Å². The van der Waals surface area contributed by atoms with Crippen LogP contribution in [0.1, 0.15) is 5.56 Å². The maximum absolute atomic E-state index is 13.7. The van der Waals surface area contributed by atoms with Crippen molar-refractivity contribution in [2.75, 3.05) is 0 Å². The summed E-state index contributed by atoms with van der Waals surface area (Å²) >= 11 is 3.99. The molecule has 0 nitrogen and oxygen atoms in total. The summed E-state index contributed by atoms with van der Waals surface area (Å²) in [6.45, 7) is 0. The molecule has 0 N–H and O–H groups in total. The summed E-state index contributed by atoms with van der Waals surface area (Å²) < 4.78 is 88.1. The molecule has 0 saturated carbocycles. The van der Waals surface area contributed by atoms with Crippen molar-refractivity contribution in [2.24, 2.45) is 0 Å². The fourth-order valence-electron chi connectivity index (χ4n) is 1.24. The van der Waals surface area contributed by atoms with Gasteiger partial charge in [-0.2, -0.15) is 26.3 Å². The van der Waals surface area contributed by atoms with Crippen molar-refractivity contribution in [1.82, 2.24) is 0 Å². The molecule has 0 radical (unpaired) electrons. The predicted octanol–water partition coefficient (Wildman–Crippen LogP) is 5.34. The molecule has 0 fully saturated rings. The summed E-state index contributed by atoms with van der Waals surface area (Å²) in [5, 5.41) is 0. The largest absolute Gasteiger partial charge is 0.435 e. The van der Waals surface area contributed by atoms with Gasteiger partial charge in [-0.1, -0.05) is 12.1 Å². The Morgan fingerprint density at radius 3 is 1.72 bits per heavy atom. The Bertz CT molecular complexity index is 437. The first-order chi connectivity index (χ1) is 7.93. The lowest BCUT2D eigenvalue weighted by Crippen LogP contribution is -2.50. The standard InChI is InChI=1S/C9H3BrF7I/c10-5-3-1-2-4(6(5)18)7(11,8(12,13)14)9(15,16)17/h1-3H. The van der Waals surface area contributed by atoms with Crippen LogP contribution in [0.25, 0.3) is 0 Å². The summed E-state index contributed by atoms with van der Waals surface area (Å²) in [6.07, 6.45) is -12.2. The Balaban J connectivity index is 3.61. The van der Waals surface area contributed by atoms with Crippen molar-refractivity contribution in [3.05, 3.63) is 31.8 Å². The summed E-state index contributed by atoms with van der Waals surface area (Å²) in [6, 6.07) is 2.60. The normalized spacial score (nSPS) is 13.8. The molecule has 0 aliphatic rings. The minimum absolute atomic E-state index is 0.0453. The molecule has 102 valence electrons. The molecule has 9 heteroatoms. The van der Waals surface area contributed by atoms with Gasteiger partial charge in [0.25, 0.3) is 0 Å². The molecular weight excluding hydrogens is 448 g/mol. The number of rotatable bonds is 1. The lowest BCUT2D eigenvalue weighted by Gasteiger charge is -2.31. The minimum Gasteiger partial charge on any atom is -0.218 e. The molecule has 18 heavy (non-hydrogen) atoms. The Morgan fingerprint density at radius 2 is 1.33 bits per heavy atom. The van der Waals surface area contributed by atoms with Crippen molar-refractivity contribution >= 4 is 38.5 Å². The van der Waals surface area contributed by atoms with Gasteiger partial charge in [0.2, 0.25) is 0 Å². The van der Waals surface area contributed by atoms with E-state index in [1.165, 1.54) is 28.7 Å². The zero-order valence-corrected chi connectivity index (χ0v) is 11.9. The van der Waals surface area contributed by atoms with Gasteiger partial charge in [0.05, 0.1) is 0 Å². The molecule has 1 aromatic carbocycles. The van der Waals surface area contributed by atoms with E-state index in [1.807, 2.05) is 0 Å². The van der Waals surface area contributed by atoms with Gasteiger partial charge in [0, 0.05) is 13.6 Å². The average Bonchev–Trinajstić information content (AvgIpc) is 2.17. The number of alkyl halides is 7. The SMILES string of the molecule is FC(F)(F)C(F)(c1cccc(Br)c1I)C(F)(F)F. The topological polar surface area (TPSA) is 0 Å². The van der Waals surface area contributed by atoms with Crippen LogP contribution in [-0.4, -0.2) is 12.4 Å². The molecule has 0 heterocycles. The monoisotopic (exact) mass is 450 g/mol. The zero-order chi connectivity index (χ0) is 14.4. The second-order valence-corrected chi connectivity index (χ2v) is 5.19. The summed E-state index contributed by atoms with van der Waals surface area (Å²) in [7, 11) is 0. The maximum Gasteiger partial charge on any atom is 0.435 e. The average molecular weight is 451 g/mol. The van der Waals surface area contributed by atoms with Crippen LogP contribution in [-0.2, 0) is 5.67 Å². The maximum atomic E-state index is 13.7. The molecule has 0 atom stereocenters. The van der Waals surface area contributed by atoms with E-state index < -0.39 is 27.2 Å². The molecule has 0 aliphatic carbocycles. The van der Waals surface area contributed by atoms with Crippen molar-refractivity contribution in [3.63, 3.8) is 0 Å². The Morgan fingerprint density at radius 1 is 0.889 bits per heavy atom. The second-order valence-electron chi connectivity index (χ2n) is 3.26. The second kappa shape index (κ2) is 4.80. The fourth-order valence-corrected chi connectivity index (χ4v) is 2.33. The summed E-state index contributed by atoms with van der Waals surface area (Å²) in [5.41, 5.74) is -6.86. The van der Waals surface area contributed by atoms with Crippen LogP contribution >= 0.6 is 38.5 Å². The molecule has 0 spiro atoms. The third-order valence-electron chi connectivity index (χ3n) is 2.10. The van der Waals surface area contributed by atoms with E-state index in [1.54, 1.807) is 0 Å². The third kappa shape index (κ3) is 2.47. The van der Waals surface area contributed by atoms with Gasteiger partial charge < -0.3 is 0 Å². The molecule has 0 bridgehead atoms. The van der Waals surface area contributed by atoms with E-state index in [4.69, 9.17) is 0 Å². The molecule has 0 aliphatic heterocycles. The van der Waals surface area contributed by atoms with E-state index in [2.05, 4.69) is 15.9 Å². The zero-order valence-electron chi connectivity index (χ0n) is 8.13. The first-order valence-corrected chi connectivity index (χ1v) is 6.07. The van der Waals surface area contributed by atoms with Gasteiger partial charge in [0.15, 0.2) is 0 Å². The molecule has 0 unspecified atom stereocenters. The highest BCUT2D eigenvalue weighted by atomic mass is 127. The lowest BCUT2D eigenvalue weighted by atomic mass is 9.94. The van der Waals surface area contributed by atoms with Crippen LogP contribution in [0.2, 0.25) is 0 Å². The lowest BCUT2D eigenvalue weighted by molar-refractivity contribution is -0.349. The van der Waals surface area contributed by atoms with Gasteiger partial charge in [0.1, 0.15) is 0 Å². The predicted molar refractivity (Wildman–Crippen MR) is 61.8 cm³/mol. The van der Waals surface area contributed by atoms with Gasteiger partial charge >= 0.3 is 18.0 Å². The van der Waals surface area contributed by atoms with Gasteiger partial charge in [-0.15, -0.1) is 0 Å². The van der Waals surface area contributed by atoms with Crippen LogP contribution in [0.15, 0.2) is 22.7 Å². The molecule has 0 amide bonds. The van der Waals surface area contributed by atoms with Gasteiger partial charge in [-0.05, 0) is 44.6 Å². The van der Waals surface area contributed by atoms with Gasteiger partial charge in [-0.3, -0.25) is 0 Å². The first-order valence-electron chi connectivity index (χ1n) is 4.19. The highest BCUT2D eigenvalue weighted by molar-refractivity contribution is 14.1. The van der Waals surface area contributed by atoms with E-state index in [-0.39, 0.29) is 4.47 Å². The van der Waals surface area contributed by atoms with Crippen molar-refractivity contribution in [3.8, 4) is 0 Å². The number of benzene rings is 1. The van der Waals surface area contributed by atoms with E-state index in [0.717, 1.165) is 6.07 Å². The Kier molecular flexibility index (Phi) is 4.27. The highest BCUT2D eigenvalue weighted by Gasteiger charge is 2.74. The summed E-state index contributed by atoms with van der Waals surface area (Å²) in [4.78, 5) is 0. The van der Waals surface area contributed by atoms with E-state index in [9.17, 15) is 30.7 Å². The molecular formula is C9H3BrF7I. The van der Waals surface area contributed by atoms with Crippen molar-refractivity contribution in [1.29, 1.82) is 0 Å². The van der Waals surface area contributed by atoms with Crippen LogP contribution in [0.3, 0.4) is 0 Å². The fraction of sp³-hybridized carbons (Fsp3) is 0.333. The number of halogens is 9. The number of hydrogen-bond acceptors (Lipinski definition) is 0. The smallest absolute Gasteiger partial charge is 0.218 e. The van der Waals surface area contributed by atoms with E-state index >= 15 is 0 Å². The van der Waals surface area contributed by atoms with Crippen LogP contribution in [0.4, 0.5) is 30.7 Å².